The highest BCUT2D eigenvalue weighted by Gasteiger charge is 2.33. The molecule has 1 aliphatic heterocycles. The first kappa shape index (κ1) is 14.3. The summed E-state index contributed by atoms with van der Waals surface area (Å²) < 4.78 is 26.7. The molecule has 2 fully saturated rings. The first-order valence-electron chi connectivity index (χ1n) is 7.22. The van der Waals surface area contributed by atoms with Crippen molar-refractivity contribution in [2.45, 2.75) is 58.0 Å². The molecule has 2 atom stereocenters. The van der Waals surface area contributed by atoms with Crippen molar-refractivity contribution in [1.82, 2.24) is 9.62 Å². The lowest BCUT2D eigenvalue weighted by molar-refractivity contribution is 0.242. The molecule has 1 heterocycles. The van der Waals surface area contributed by atoms with Gasteiger partial charge in [-0.25, -0.2) is 8.42 Å². The molecule has 0 radical (unpaired) electrons. The number of rotatable bonds is 3. The lowest BCUT2D eigenvalue weighted by Gasteiger charge is -2.37. The van der Waals surface area contributed by atoms with Crippen molar-refractivity contribution in [2.24, 2.45) is 5.92 Å². The van der Waals surface area contributed by atoms with E-state index >= 15 is 0 Å². The molecule has 0 aromatic carbocycles. The number of nitrogens with one attached hydrogen (secondary N) is 1. The predicted molar refractivity (Wildman–Crippen MR) is 74.0 cm³/mol. The summed E-state index contributed by atoms with van der Waals surface area (Å²) in [6.45, 7) is 5.44. The average molecular weight is 274 g/mol. The van der Waals surface area contributed by atoms with E-state index in [-0.39, 0.29) is 12.1 Å². The van der Waals surface area contributed by atoms with Crippen molar-refractivity contribution in [2.75, 3.05) is 18.8 Å². The standard InChI is InChI=1S/C13H26N2O2S/c1-11-9-15(12(2)8-14-11)18(16,17)10-13-6-4-3-5-7-13/h11-14H,3-10H2,1-2H3. The molecule has 1 N–H and O–H groups in total. The van der Waals surface area contributed by atoms with Crippen LogP contribution in [0.2, 0.25) is 0 Å². The minimum absolute atomic E-state index is 0.0924. The highest BCUT2D eigenvalue weighted by molar-refractivity contribution is 7.89. The van der Waals surface area contributed by atoms with Crippen molar-refractivity contribution in [3.05, 3.63) is 0 Å². The molecule has 106 valence electrons. The van der Waals surface area contributed by atoms with E-state index in [4.69, 9.17) is 0 Å². The largest absolute Gasteiger partial charge is 0.311 e. The highest BCUT2D eigenvalue weighted by atomic mass is 32.2. The van der Waals surface area contributed by atoms with Gasteiger partial charge in [-0.1, -0.05) is 19.3 Å². The van der Waals surface area contributed by atoms with E-state index in [1.54, 1.807) is 4.31 Å². The number of hydrogen-bond donors (Lipinski definition) is 1. The second-order valence-corrected chi connectivity index (χ2v) is 7.98. The van der Waals surface area contributed by atoms with Crippen LogP contribution >= 0.6 is 0 Å². The van der Waals surface area contributed by atoms with Gasteiger partial charge in [0.2, 0.25) is 10.0 Å². The molecular formula is C13H26N2O2S. The fourth-order valence-corrected chi connectivity index (χ4v) is 5.32. The van der Waals surface area contributed by atoms with Gasteiger partial charge in [-0.05, 0) is 32.6 Å². The monoisotopic (exact) mass is 274 g/mol. The van der Waals surface area contributed by atoms with E-state index in [1.165, 1.54) is 19.3 Å². The van der Waals surface area contributed by atoms with Gasteiger partial charge in [0.15, 0.2) is 0 Å². The molecule has 2 aliphatic rings. The molecule has 5 heteroatoms. The Hall–Kier alpha value is -0.130. The van der Waals surface area contributed by atoms with Crippen LogP contribution in [0.25, 0.3) is 0 Å². The number of piperazine rings is 1. The second-order valence-electron chi connectivity index (χ2n) is 6.01. The Balaban J connectivity index is 2.00. The molecule has 4 nitrogen and oxygen atoms in total. The minimum atomic E-state index is -3.07. The summed E-state index contributed by atoms with van der Waals surface area (Å²) in [5.41, 5.74) is 0. The zero-order valence-corrected chi connectivity index (χ0v) is 12.4. The van der Waals surface area contributed by atoms with Crippen LogP contribution in [0, 0.1) is 5.92 Å². The fraction of sp³-hybridized carbons (Fsp3) is 1.00. The topological polar surface area (TPSA) is 49.4 Å². The Morgan fingerprint density at radius 1 is 1.17 bits per heavy atom. The summed E-state index contributed by atoms with van der Waals surface area (Å²) in [6.07, 6.45) is 5.86. The molecule has 1 saturated heterocycles. The van der Waals surface area contributed by atoms with Crippen LogP contribution in [0.3, 0.4) is 0 Å². The van der Waals surface area contributed by atoms with Crippen molar-refractivity contribution >= 4 is 10.0 Å². The van der Waals surface area contributed by atoms with Crippen LogP contribution in [0.1, 0.15) is 46.0 Å². The van der Waals surface area contributed by atoms with Gasteiger partial charge in [-0.2, -0.15) is 4.31 Å². The quantitative estimate of drug-likeness (QED) is 0.850. The van der Waals surface area contributed by atoms with Crippen LogP contribution in [0.5, 0.6) is 0 Å². The normalized spacial score (nSPS) is 32.6. The van der Waals surface area contributed by atoms with Crippen LogP contribution in [0.15, 0.2) is 0 Å². The second kappa shape index (κ2) is 5.88. The van der Waals surface area contributed by atoms with E-state index in [0.29, 0.717) is 18.2 Å². The molecule has 0 spiro atoms. The summed E-state index contributed by atoms with van der Waals surface area (Å²) in [7, 11) is -3.07. The molecule has 0 amide bonds. The predicted octanol–water partition coefficient (Wildman–Crippen LogP) is 1.58. The SMILES string of the molecule is CC1CN(S(=O)(=O)CC2CCCCC2)C(C)CN1. The maximum absolute atomic E-state index is 12.5. The summed E-state index contributed by atoms with van der Waals surface area (Å²) in [6, 6.07) is 0.358. The zero-order chi connectivity index (χ0) is 13.2. The Labute approximate surface area is 111 Å². The Bertz CT molecular complexity index is 363. The lowest BCUT2D eigenvalue weighted by atomic mass is 9.91. The van der Waals surface area contributed by atoms with Crippen molar-refractivity contribution < 1.29 is 8.42 Å². The van der Waals surface area contributed by atoms with E-state index in [9.17, 15) is 8.42 Å². The highest BCUT2D eigenvalue weighted by Crippen LogP contribution is 2.26. The van der Waals surface area contributed by atoms with Crippen molar-refractivity contribution in [3.63, 3.8) is 0 Å². The third-order valence-corrected chi connectivity index (χ3v) is 6.35. The Morgan fingerprint density at radius 2 is 1.83 bits per heavy atom. The zero-order valence-electron chi connectivity index (χ0n) is 11.6. The summed E-state index contributed by atoms with van der Waals surface area (Å²) in [5.74, 6) is 0.755. The van der Waals surface area contributed by atoms with Gasteiger partial charge < -0.3 is 5.32 Å². The van der Waals surface area contributed by atoms with Gasteiger partial charge >= 0.3 is 0 Å². The molecule has 1 aliphatic carbocycles. The third kappa shape index (κ3) is 3.45. The molecule has 18 heavy (non-hydrogen) atoms. The smallest absolute Gasteiger partial charge is 0.214 e. The van der Waals surface area contributed by atoms with Gasteiger partial charge in [-0.3, -0.25) is 0 Å². The molecular weight excluding hydrogens is 248 g/mol. The van der Waals surface area contributed by atoms with Gasteiger partial charge in [0.1, 0.15) is 0 Å². The first-order chi connectivity index (χ1) is 8.49. The maximum Gasteiger partial charge on any atom is 0.214 e. The van der Waals surface area contributed by atoms with Gasteiger partial charge in [0.05, 0.1) is 5.75 Å². The molecule has 2 unspecified atom stereocenters. The average Bonchev–Trinajstić information content (AvgIpc) is 2.33. The first-order valence-corrected chi connectivity index (χ1v) is 8.83. The Kier molecular flexibility index (Phi) is 4.67. The van der Waals surface area contributed by atoms with Crippen molar-refractivity contribution in [3.8, 4) is 0 Å². The molecule has 0 aromatic heterocycles. The van der Waals surface area contributed by atoms with Crippen molar-refractivity contribution in [1.29, 1.82) is 0 Å². The molecule has 2 rings (SSSR count). The number of sulfonamides is 1. The lowest BCUT2D eigenvalue weighted by Crippen LogP contribution is -2.56. The molecule has 0 bridgehead atoms. The summed E-state index contributed by atoms with van der Waals surface area (Å²) >= 11 is 0. The summed E-state index contributed by atoms with van der Waals surface area (Å²) in [4.78, 5) is 0. The Morgan fingerprint density at radius 3 is 2.50 bits per heavy atom. The van der Waals surface area contributed by atoms with Gasteiger partial charge in [0, 0.05) is 25.2 Å². The van der Waals surface area contributed by atoms with Crippen LogP contribution < -0.4 is 5.32 Å². The third-order valence-electron chi connectivity index (χ3n) is 4.24. The fourth-order valence-electron chi connectivity index (χ4n) is 3.12. The molecule has 1 saturated carbocycles. The van der Waals surface area contributed by atoms with E-state index in [2.05, 4.69) is 12.2 Å². The van der Waals surface area contributed by atoms with Gasteiger partial charge in [0.25, 0.3) is 0 Å². The minimum Gasteiger partial charge on any atom is -0.311 e. The van der Waals surface area contributed by atoms with E-state index in [0.717, 1.165) is 19.4 Å². The van der Waals surface area contributed by atoms with Crippen LogP contribution in [-0.4, -0.2) is 43.6 Å². The van der Waals surface area contributed by atoms with E-state index in [1.807, 2.05) is 6.92 Å². The maximum atomic E-state index is 12.5. The van der Waals surface area contributed by atoms with Crippen LogP contribution in [0.4, 0.5) is 0 Å². The molecule has 0 aromatic rings. The number of hydrogen-bond acceptors (Lipinski definition) is 3. The number of nitrogens with zero attached hydrogens (tertiary/aromatic N) is 1. The van der Waals surface area contributed by atoms with Gasteiger partial charge in [-0.15, -0.1) is 0 Å². The van der Waals surface area contributed by atoms with Crippen LogP contribution in [-0.2, 0) is 10.0 Å². The van der Waals surface area contributed by atoms with E-state index < -0.39 is 10.0 Å². The summed E-state index contributed by atoms with van der Waals surface area (Å²) in [5, 5.41) is 3.33.